The third-order valence-corrected chi connectivity index (χ3v) is 4.59. The molecule has 0 aliphatic carbocycles. The molecule has 0 saturated carbocycles. The van der Waals surface area contributed by atoms with Crippen molar-refractivity contribution in [1.29, 1.82) is 0 Å². The van der Waals surface area contributed by atoms with Gasteiger partial charge in [0.1, 0.15) is 0 Å². The summed E-state index contributed by atoms with van der Waals surface area (Å²) >= 11 is 7.66. The molecule has 1 unspecified atom stereocenters. The molecule has 0 aliphatic heterocycles. The van der Waals surface area contributed by atoms with Crippen molar-refractivity contribution in [2.45, 2.75) is 25.9 Å². The highest BCUT2D eigenvalue weighted by atomic mass is 35.5. The molecule has 1 atom stereocenters. The Kier molecular flexibility index (Phi) is 6.18. The van der Waals surface area contributed by atoms with Crippen LogP contribution in [-0.4, -0.2) is 30.5 Å². The molecule has 0 radical (unpaired) electrons. The molecule has 1 aromatic carbocycles. The van der Waals surface area contributed by atoms with Gasteiger partial charge in [0.15, 0.2) is 0 Å². The Hall–Kier alpha value is -0.940. The summed E-state index contributed by atoms with van der Waals surface area (Å²) in [5.41, 5.74) is 2.44. The zero-order valence-electron chi connectivity index (χ0n) is 12.8. The van der Waals surface area contributed by atoms with E-state index in [4.69, 9.17) is 11.6 Å². The van der Waals surface area contributed by atoms with Gasteiger partial charge >= 0.3 is 0 Å². The van der Waals surface area contributed by atoms with Crippen molar-refractivity contribution < 1.29 is 0 Å². The molecule has 3 nitrogen and oxygen atoms in total. The van der Waals surface area contributed by atoms with Crippen LogP contribution in [-0.2, 0) is 6.54 Å². The summed E-state index contributed by atoms with van der Waals surface area (Å²) in [6.07, 6.45) is 1.05. The topological polar surface area (TPSA) is 28.2 Å². The second-order valence-corrected chi connectivity index (χ2v) is 6.78. The zero-order chi connectivity index (χ0) is 15.2. The number of nitrogens with zero attached hydrogens (tertiary/aromatic N) is 2. The average molecular weight is 324 g/mol. The second kappa shape index (κ2) is 7.90. The minimum Gasteiger partial charge on any atom is -0.313 e. The molecule has 21 heavy (non-hydrogen) atoms. The number of aromatic nitrogens is 1. The second-order valence-electron chi connectivity index (χ2n) is 5.28. The molecule has 1 heterocycles. The lowest BCUT2D eigenvalue weighted by atomic mass is 10.0. The number of hydrogen-bond acceptors (Lipinski definition) is 4. The van der Waals surface area contributed by atoms with E-state index in [-0.39, 0.29) is 0 Å². The Balaban J connectivity index is 1.86. The fourth-order valence-corrected chi connectivity index (χ4v) is 3.09. The van der Waals surface area contributed by atoms with E-state index in [0.717, 1.165) is 35.2 Å². The summed E-state index contributed by atoms with van der Waals surface area (Å²) in [5.74, 6) is 0. The first-order valence-electron chi connectivity index (χ1n) is 7.10. The van der Waals surface area contributed by atoms with E-state index in [2.05, 4.69) is 39.8 Å². The van der Waals surface area contributed by atoms with E-state index in [9.17, 15) is 0 Å². The minimum atomic E-state index is 0.349. The first-order chi connectivity index (χ1) is 10.1. The molecule has 0 aliphatic rings. The molecule has 1 aromatic heterocycles. The van der Waals surface area contributed by atoms with Crippen LogP contribution < -0.4 is 5.32 Å². The van der Waals surface area contributed by atoms with Gasteiger partial charge in [-0.3, -0.25) is 0 Å². The third-order valence-electron chi connectivity index (χ3n) is 3.52. The van der Waals surface area contributed by atoms with E-state index >= 15 is 0 Å². The van der Waals surface area contributed by atoms with Crippen molar-refractivity contribution >= 4 is 22.9 Å². The molecular formula is C16H22ClN3S. The van der Waals surface area contributed by atoms with Gasteiger partial charge in [-0.25, -0.2) is 4.98 Å². The van der Waals surface area contributed by atoms with Crippen molar-refractivity contribution in [3.05, 3.63) is 50.9 Å². The van der Waals surface area contributed by atoms with E-state index in [0.29, 0.717) is 6.04 Å². The maximum atomic E-state index is 5.94. The summed E-state index contributed by atoms with van der Waals surface area (Å²) < 4.78 is 0. The summed E-state index contributed by atoms with van der Waals surface area (Å²) in [6.45, 7) is 3.97. The normalized spacial score (nSPS) is 12.8. The molecule has 0 bridgehead atoms. The highest BCUT2D eigenvalue weighted by Gasteiger charge is 2.11. The number of nitrogens with one attached hydrogen (secondary N) is 1. The van der Waals surface area contributed by atoms with Crippen LogP contribution in [0, 0.1) is 6.92 Å². The van der Waals surface area contributed by atoms with Gasteiger partial charge in [0, 0.05) is 29.5 Å². The van der Waals surface area contributed by atoms with Crippen LogP contribution in [0.25, 0.3) is 0 Å². The largest absolute Gasteiger partial charge is 0.313 e. The average Bonchev–Trinajstić information content (AvgIpc) is 2.86. The molecular weight excluding hydrogens is 302 g/mol. The number of thiazole rings is 1. The van der Waals surface area contributed by atoms with Gasteiger partial charge in [-0.15, -0.1) is 11.3 Å². The SMILES string of the molecule is CNC(CCN(C)Cc1csc(C)n1)c1ccc(Cl)cc1. The Morgan fingerprint density at radius 3 is 2.62 bits per heavy atom. The van der Waals surface area contributed by atoms with Gasteiger partial charge in [-0.05, 0) is 45.1 Å². The number of benzene rings is 1. The number of halogens is 1. The zero-order valence-corrected chi connectivity index (χ0v) is 14.3. The Bertz CT molecular complexity index is 553. The molecule has 5 heteroatoms. The van der Waals surface area contributed by atoms with Crippen LogP contribution in [0.5, 0.6) is 0 Å². The van der Waals surface area contributed by atoms with Crippen molar-refractivity contribution in [1.82, 2.24) is 15.2 Å². The van der Waals surface area contributed by atoms with Crippen molar-refractivity contribution in [3.63, 3.8) is 0 Å². The maximum absolute atomic E-state index is 5.94. The molecule has 114 valence electrons. The van der Waals surface area contributed by atoms with E-state index in [1.807, 2.05) is 26.1 Å². The molecule has 2 aromatic rings. The highest BCUT2D eigenvalue weighted by Crippen LogP contribution is 2.19. The van der Waals surface area contributed by atoms with Gasteiger partial charge in [0.25, 0.3) is 0 Å². The van der Waals surface area contributed by atoms with E-state index < -0.39 is 0 Å². The first kappa shape index (κ1) is 16.4. The van der Waals surface area contributed by atoms with Gasteiger partial charge in [0.2, 0.25) is 0 Å². The Labute approximate surface area is 136 Å². The standard InChI is InChI=1S/C16H22ClN3S/c1-12-19-15(11-21-12)10-20(3)9-8-16(18-2)13-4-6-14(17)7-5-13/h4-7,11,16,18H,8-10H2,1-3H3. The molecule has 1 N–H and O–H groups in total. The summed E-state index contributed by atoms with van der Waals surface area (Å²) in [5, 5.41) is 7.43. The lowest BCUT2D eigenvalue weighted by molar-refractivity contribution is 0.301. The summed E-state index contributed by atoms with van der Waals surface area (Å²) in [4.78, 5) is 6.83. The summed E-state index contributed by atoms with van der Waals surface area (Å²) in [7, 11) is 4.15. The predicted molar refractivity (Wildman–Crippen MR) is 91.1 cm³/mol. The quantitative estimate of drug-likeness (QED) is 0.838. The van der Waals surface area contributed by atoms with E-state index in [1.165, 1.54) is 5.56 Å². The van der Waals surface area contributed by atoms with Crippen LogP contribution in [0.2, 0.25) is 5.02 Å². The van der Waals surface area contributed by atoms with Crippen LogP contribution in [0.4, 0.5) is 0 Å². The molecule has 2 rings (SSSR count). The molecule has 0 spiro atoms. The van der Waals surface area contributed by atoms with Gasteiger partial charge in [0.05, 0.1) is 10.7 Å². The number of aryl methyl sites for hydroxylation is 1. The summed E-state index contributed by atoms with van der Waals surface area (Å²) in [6, 6.07) is 8.42. The lowest BCUT2D eigenvalue weighted by Gasteiger charge is -2.21. The van der Waals surface area contributed by atoms with Crippen molar-refractivity contribution in [3.8, 4) is 0 Å². The van der Waals surface area contributed by atoms with Crippen LogP contribution in [0.15, 0.2) is 29.6 Å². The fourth-order valence-electron chi connectivity index (χ4n) is 2.36. The first-order valence-corrected chi connectivity index (χ1v) is 8.36. The van der Waals surface area contributed by atoms with E-state index in [1.54, 1.807) is 11.3 Å². The van der Waals surface area contributed by atoms with Gasteiger partial charge in [-0.1, -0.05) is 23.7 Å². The molecule has 0 saturated heterocycles. The number of hydrogen-bond donors (Lipinski definition) is 1. The molecule has 0 amide bonds. The Morgan fingerprint density at radius 1 is 1.33 bits per heavy atom. The van der Waals surface area contributed by atoms with Crippen LogP contribution >= 0.6 is 22.9 Å². The highest BCUT2D eigenvalue weighted by molar-refractivity contribution is 7.09. The smallest absolute Gasteiger partial charge is 0.0897 e. The van der Waals surface area contributed by atoms with Crippen LogP contribution in [0.1, 0.15) is 28.7 Å². The fraction of sp³-hybridized carbons (Fsp3) is 0.438. The van der Waals surface area contributed by atoms with Gasteiger partial charge in [-0.2, -0.15) is 0 Å². The number of rotatable bonds is 7. The predicted octanol–water partition coefficient (Wildman–Crippen LogP) is 3.89. The van der Waals surface area contributed by atoms with Crippen molar-refractivity contribution in [2.75, 3.05) is 20.6 Å². The molecule has 0 fully saturated rings. The Morgan fingerprint density at radius 2 is 2.05 bits per heavy atom. The monoisotopic (exact) mass is 323 g/mol. The minimum absolute atomic E-state index is 0.349. The lowest BCUT2D eigenvalue weighted by Crippen LogP contribution is -2.25. The van der Waals surface area contributed by atoms with Crippen LogP contribution in [0.3, 0.4) is 0 Å². The maximum Gasteiger partial charge on any atom is 0.0897 e. The third kappa shape index (κ3) is 5.08. The van der Waals surface area contributed by atoms with Gasteiger partial charge < -0.3 is 10.2 Å². The van der Waals surface area contributed by atoms with Crippen molar-refractivity contribution in [2.24, 2.45) is 0 Å².